The summed E-state index contributed by atoms with van der Waals surface area (Å²) in [7, 11) is 0. The minimum atomic E-state index is 0. The second-order valence-corrected chi connectivity index (χ2v) is 5.95. The van der Waals surface area contributed by atoms with Gasteiger partial charge in [0.05, 0.1) is 26.2 Å². The summed E-state index contributed by atoms with van der Waals surface area (Å²) in [6.45, 7) is 15.0. The monoisotopic (exact) mass is 291 g/mol. The Bertz CT molecular complexity index is 144. The quantitative estimate of drug-likeness (QED) is 0.361. The Morgan fingerprint density at radius 1 is 0.526 bits per heavy atom. The molecule has 0 saturated heterocycles. The molecule has 19 heavy (non-hydrogen) atoms. The molecule has 0 radical (unpaired) electrons. The molecule has 0 atom stereocenters. The molecule has 0 unspecified atom stereocenters. The van der Waals surface area contributed by atoms with Crippen molar-refractivity contribution >= 4 is 0 Å². The van der Waals surface area contributed by atoms with Crippen LogP contribution >= 0.6 is 0 Å². The molecule has 0 N–H and O–H groups in total. The lowest BCUT2D eigenvalue weighted by molar-refractivity contribution is -0.927. The minimum Gasteiger partial charge on any atom is -1.00 e. The maximum Gasteiger partial charge on any atom is 0.0786 e. The van der Waals surface area contributed by atoms with Crippen molar-refractivity contribution in [1.29, 1.82) is 0 Å². The number of hydrogen-bond acceptors (Lipinski definition) is 0. The minimum absolute atomic E-state index is 0. The van der Waals surface area contributed by atoms with E-state index in [1.807, 2.05) is 0 Å². The van der Waals surface area contributed by atoms with Gasteiger partial charge in [-0.25, -0.2) is 0 Å². The van der Waals surface area contributed by atoms with Gasteiger partial charge in [-0.2, -0.15) is 0 Å². The number of unbranched alkanes of at least 4 members (excludes halogenated alkanes) is 6. The standard InChI is InChI=1S/C17H38N.ClH/c1-5-9-12-15-18(8-4,16-13-10-6-2)17-14-11-7-3;/h5-17H2,1-4H3;1H/q+1;/p-1. The molecule has 0 bridgehead atoms. The van der Waals surface area contributed by atoms with Crippen LogP contribution < -0.4 is 12.4 Å². The van der Waals surface area contributed by atoms with Crippen LogP contribution in [0.15, 0.2) is 0 Å². The summed E-state index contributed by atoms with van der Waals surface area (Å²) in [5, 5.41) is 0. The van der Waals surface area contributed by atoms with Crippen molar-refractivity contribution in [3.8, 4) is 0 Å². The van der Waals surface area contributed by atoms with Crippen LogP contribution in [-0.4, -0.2) is 30.7 Å². The molecule has 2 heteroatoms. The third-order valence-electron chi connectivity index (χ3n) is 4.38. The topological polar surface area (TPSA) is 0 Å². The van der Waals surface area contributed by atoms with Crippen molar-refractivity contribution in [3.05, 3.63) is 0 Å². The number of rotatable bonds is 13. The van der Waals surface area contributed by atoms with Crippen LogP contribution in [0.5, 0.6) is 0 Å². The summed E-state index contributed by atoms with van der Waals surface area (Å²) in [5.74, 6) is 0. The molecule has 0 amide bonds. The summed E-state index contributed by atoms with van der Waals surface area (Å²) in [4.78, 5) is 0. The van der Waals surface area contributed by atoms with Crippen LogP contribution in [0.25, 0.3) is 0 Å². The Hall–Kier alpha value is 0.250. The highest BCUT2D eigenvalue weighted by atomic mass is 35.5. The maximum absolute atomic E-state index is 2.41. The average molecular weight is 292 g/mol. The van der Waals surface area contributed by atoms with Gasteiger partial charge < -0.3 is 16.9 Å². The van der Waals surface area contributed by atoms with E-state index in [9.17, 15) is 0 Å². The van der Waals surface area contributed by atoms with Gasteiger partial charge in [0.15, 0.2) is 0 Å². The van der Waals surface area contributed by atoms with Crippen LogP contribution in [0.3, 0.4) is 0 Å². The zero-order chi connectivity index (χ0) is 13.7. The van der Waals surface area contributed by atoms with Gasteiger partial charge in [0, 0.05) is 0 Å². The SMILES string of the molecule is CCCCC[N+](CC)(CCCCC)CCCCC.[Cl-]. The van der Waals surface area contributed by atoms with Crippen molar-refractivity contribution in [3.63, 3.8) is 0 Å². The lowest BCUT2D eigenvalue weighted by Crippen LogP contribution is -3.00. The van der Waals surface area contributed by atoms with Gasteiger partial charge in [0.1, 0.15) is 0 Å². The first-order valence-corrected chi connectivity index (χ1v) is 8.59. The molecule has 0 saturated carbocycles. The van der Waals surface area contributed by atoms with E-state index in [0.29, 0.717) is 0 Å². The third kappa shape index (κ3) is 10.7. The molecule has 0 aromatic rings. The molecule has 0 aliphatic carbocycles. The van der Waals surface area contributed by atoms with E-state index in [0.717, 1.165) is 0 Å². The number of quaternary nitrogens is 1. The van der Waals surface area contributed by atoms with E-state index < -0.39 is 0 Å². The second-order valence-electron chi connectivity index (χ2n) is 5.95. The van der Waals surface area contributed by atoms with E-state index in [-0.39, 0.29) is 12.4 Å². The van der Waals surface area contributed by atoms with E-state index in [4.69, 9.17) is 0 Å². The zero-order valence-corrected chi connectivity index (χ0v) is 14.8. The van der Waals surface area contributed by atoms with Crippen molar-refractivity contribution in [2.45, 2.75) is 85.5 Å². The molecule has 1 nitrogen and oxygen atoms in total. The molecule has 0 spiro atoms. The van der Waals surface area contributed by atoms with Gasteiger partial charge >= 0.3 is 0 Å². The summed E-state index contributed by atoms with van der Waals surface area (Å²) < 4.78 is 1.40. The summed E-state index contributed by atoms with van der Waals surface area (Å²) >= 11 is 0. The fourth-order valence-electron chi connectivity index (χ4n) is 2.90. The fourth-order valence-corrected chi connectivity index (χ4v) is 2.90. The molecule has 118 valence electrons. The van der Waals surface area contributed by atoms with Gasteiger partial charge in [0.25, 0.3) is 0 Å². The van der Waals surface area contributed by atoms with E-state index in [2.05, 4.69) is 27.7 Å². The lowest BCUT2D eigenvalue weighted by Gasteiger charge is -2.38. The van der Waals surface area contributed by atoms with Crippen LogP contribution in [0.4, 0.5) is 0 Å². The Labute approximate surface area is 129 Å². The predicted octanol–water partition coefficient (Wildman–Crippen LogP) is 2.40. The molecular weight excluding hydrogens is 254 g/mol. The fraction of sp³-hybridized carbons (Fsp3) is 1.00. The first kappa shape index (κ1) is 21.5. The largest absolute Gasteiger partial charge is 1.00 e. The van der Waals surface area contributed by atoms with Gasteiger partial charge in [0.2, 0.25) is 0 Å². The zero-order valence-electron chi connectivity index (χ0n) is 14.0. The lowest BCUT2D eigenvalue weighted by atomic mass is 10.1. The normalized spacial score (nSPS) is 11.4. The maximum atomic E-state index is 2.41. The second kappa shape index (κ2) is 14.7. The van der Waals surface area contributed by atoms with Crippen LogP contribution in [0.2, 0.25) is 0 Å². The van der Waals surface area contributed by atoms with Crippen LogP contribution in [0, 0.1) is 0 Å². The van der Waals surface area contributed by atoms with Crippen LogP contribution in [-0.2, 0) is 0 Å². The molecule has 0 fully saturated rings. The number of hydrogen-bond donors (Lipinski definition) is 0. The van der Waals surface area contributed by atoms with Gasteiger partial charge in [-0.05, 0) is 45.4 Å². The Morgan fingerprint density at radius 2 is 0.842 bits per heavy atom. The van der Waals surface area contributed by atoms with Crippen molar-refractivity contribution < 1.29 is 16.9 Å². The molecule has 0 rings (SSSR count). The smallest absolute Gasteiger partial charge is 0.0786 e. The summed E-state index contributed by atoms with van der Waals surface area (Å²) in [5.41, 5.74) is 0. The Morgan fingerprint density at radius 3 is 1.05 bits per heavy atom. The Kier molecular flexibility index (Phi) is 16.6. The summed E-state index contributed by atoms with van der Waals surface area (Å²) in [6, 6.07) is 0. The summed E-state index contributed by atoms with van der Waals surface area (Å²) in [6.07, 6.45) is 12.6. The third-order valence-corrected chi connectivity index (χ3v) is 4.38. The highest BCUT2D eigenvalue weighted by Gasteiger charge is 2.23. The van der Waals surface area contributed by atoms with Gasteiger partial charge in [-0.1, -0.05) is 40.0 Å². The van der Waals surface area contributed by atoms with E-state index >= 15 is 0 Å². The molecule has 0 aromatic heterocycles. The first-order valence-electron chi connectivity index (χ1n) is 8.59. The molecule has 0 aliphatic heterocycles. The number of nitrogens with zero attached hydrogens (tertiary/aromatic N) is 1. The first-order chi connectivity index (χ1) is 8.74. The van der Waals surface area contributed by atoms with Gasteiger partial charge in [-0.3, -0.25) is 0 Å². The molecule has 0 aliphatic rings. The van der Waals surface area contributed by atoms with Crippen molar-refractivity contribution in [1.82, 2.24) is 0 Å². The van der Waals surface area contributed by atoms with E-state index in [1.54, 1.807) is 0 Å². The average Bonchev–Trinajstić information content (AvgIpc) is 2.39. The molecule has 0 heterocycles. The Balaban J connectivity index is 0. The van der Waals surface area contributed by atoms with Crippen molar-refractivity contribution in [2.75, 3.05) is 26.2 Å². The number of halogens is 1. The molecule has 0 aromatic carbocycles. The highest BCUT2D eigenvalue weighted by molar-refractivity contribution is 4.49. The highest BCUT2D eigenvalue weighted by Crippen LogP contribution is 2.15. The van der Waals surface area contributed by atoms with Crippen molar-refractivity contribution in [2.24, 2.45) is 0 Å². The van der Waals surface area contributed by atoms with E-state index in [1.165, 1.54) is 88.4 Å². The predicted molar refractivity (Wildman–Crippen MR) is 84.0 cm³/mol. The van der Waals surface area contributed by atoms with Gasteiger partial charge in [-0.15, -0.1) is 0 Å². The van der Waals surface area contributed by atoms with Crippen LogP contribution in [0.1, 0.15) is 85.5 Å². The molecular formula is C17H38ClN.